The first-order valence-electron chi connectivity index (χ1n) is 31.6. The van der Waals surface area contributed by atoms with Gasteiger partial charge in [-0.1, -0.05) is 210 Å². The Balaban J connectivity index is 0.991. The summed E-state index contributed by atoms with van der Waals surface area (Å²) in [5, 5.41) is 15.5. The van der Waals surface area contributed by atoms with E-state index in [9.17, 15) is 0 Å². The monoisotopic (exact) mass is 1130 g/mol. The molecule has 2 aliphatic carbocycles. The van der Waals surface area contributed by atoms with Gasteiger partial charge < -0.3 is 18.3 Å². The van der Waals surface area contributed by atoms with Crippen molar-refractivity contribution in [1.29, 1.82) is 0 Å². The number of fused-ring (bicyclic) bond motifs is 26. The number of benzene rings is 13. The molecule has 4 nitrogen and oxygen atoms in total. The molecule has 416 valence electrons. The summed E-state index contributed by atoms with van der Waals surface area (Å²) in [6.07, 6.45) is 4.73. The van der Waals surface area contributed by atoms with Gasteiger partial charge in [-0.05, 0) is 153 Å². The molecule has 17 aromatic rings. The first-order chi connectivity index (χ1) is 43.5. The highest BCUT2D eigenvalue weighted by molar-refractivity contribution is 7.00. The number of aromatic nitrogens is 4. The highest BCUT2D eigenvalue weighted by atomic mass is 15.0. The molecular formula is C84H57BN4. The molecule has 0 saturated carbocycles. The van der Waals surface area contributed by atoms with E-state index in [4.69, 9.17) is 0 Å². The molecule has 4 aromatic heterocycles. The minimum absolute atomic E-state index is 0.0858. The Morgan fingerprint density at radius 3 is 1.49 bits per heavy atom. The van der Waals surface area contributed by atoms with Crippen molar-refractivity contribution in [3.8, 4) is 67.0 Å². The summed E-state index contributed by atoms with van der Waals surface area (Å²) in [7, 11) is 4.40. The lowest BCUT2D eigenvalue weighted by Crippen LogP contribution is -2.59. The normalized spacial score (nSPS) is 14.6. The second-order valence-corrected chi connectivity index (χ2v) is 27.2. The van der Waals surface area contributed by atoms with Gasteiger partial charge in [-0.15, -0.1) is 0 Å². The van der Waals surface area contributed by atoms with Crippen molar-refractivity contribution < 1.29 is 0 Å². The largest absolute Gasteiger partial charge is 0.350 e. The summed E-state index contributed by atoms with van der Waals surface area (Å²) < 4.78 is 10.1. The van der Waals surface area contributed by atoms with Gasteiger partial charge in [0.15, 0.2) is 0 Å². The molecule has 4 aliphatic rings. The first-order valence-corrected chi connectivity index (χ1v) is 31.6. The van der Waals surface area contributed by atoms with E-state index in [0.717, 1.165) is 0 Å². The number of nitrogens with zero attached hydrogens (tertiary/aromatic N) is 4. The van der Waals surface area contributed by atoms with Crippen LogP contribution in [0.4, 0.5) is 0 Å². The Bertz CT molecular complexity index is 6070. The van der Waals surface area contributed by atoms with Crippen LogP contribution in [0.2, 0.25) is 0 Å². The molecule has 2 aliphatic heterocycles. The van der Waals surface area contributed by atoms with Crippen LogP contribution in [0.5, 0.6) is 0 Å². The van der Waals surface area contributed by atoms with Gasteiger partial charge in [-0.25, -0.2) is 0 Å². The molecule has 6 heterocycles. The summed E-state index contributed by atoms with van der Waals surface area (Å²) in [5.41, 5.74) is 31.9. The van der Waals surface area contributed by atoms with Crippen LogP contribution in [0, 0.1) is 0 Å². The third-order valence-corrected chi connectivity index (χ3v) is 22.3. The van der Waals surface area contributed by atoms with E-state index in [1.54, 1.807) is 0 Å². The van der Waals surface area contributed by atoms with Gasteiger partial charge in [0.1, 0.15) is 0 Å². The predicted molar refractivity (Wildman–Crippen MR) is 377 cm³/mol. The van der Waals surface area contributed by atoms with Crippen LogP contribution in [0.1, 0.15) is 49.9 Å². The predicted octanol–water partition coefficient (Wildman–Crippen LogP) is 19.1. The van der Waals surface area contributed by atoms with E-state index in [-0.39, 0.29) is 17.5 Å². The second-order valence-electron chi connectivity index (χ2n) is 27.2. The standard InChI is InChI=1S/C84H57BN4/c1-83(2)63-32-15-11-24-50(63)59-42-72-60(41-65(59)83)79-77-57-28-12-16-33-64(57)84(3,4)66(77)43-68-82(79)89(72)74-40-46(75-54(61-44-86(5)69-35-17-13-25-51(61)69)29-19-30-55(75)62-45-87(6)70-36-18-14-26-52(62)70)39-73-80(74)85(68)67-34-20-31-58-78-71(88(73)81(58)67)38-37-56-49-23-8-7-21-47(49)48-22-9-10-27-53(48)76(56)78/h7-45H,1-6H3. The van der Waals surface area contributed by atoms with Crippen LogP contribution >= 0.6 is 0 Å². The highest BCUT2D eigenvalue weighted by Crippen LogP contribution is 2.57. The lowest BCUT2D eigenvalue weighted by Gasteiger charge is -2.35. The molecule has 0 unspecified atom stereocenters. The molecule has 0 saturated heterocycles. The van der Waals surface area contributed by atoms with E-state index in [2.05, 4.69) is 297 Å². The summed E-state index contributed by atoms with van der Waals surface area (Å²) in [5.74, 6) is 0. The van der Waals surface area contributed by atoms with E-state index in [1.165, 1.54) is 203 Å². The topological polar surface area (TPSA) is 19.7 Å². The number of hydrogen-bond acceptors (Lipinski definition) is 0. The first kappa shape index (κ1) is 48.5. The van der Waals surface area contributed by atoms with Gasteiger partial charge in [0.05, 0.1) is 16.6 Å². The SMILES string of the molecule is Cn1cc(-c2cccc(-c3cn(C)c4ccccc34)c2-c2cc3c4c(c2)-n2c5cc6c(cc5c5c7c(cc(c52)B4c2cccc4c5c8c9ccccc9c9ccccc9c8ccc5n-3c24)C(C)(C)c2ccccc2-7)C(C)(C)c2ccccc2-6)c2ccccc21. The van der Waals surface area contributed by atoms with Crippen LogP contribution in [0.15, 0.2) is 237 Å². The second kappa shape index (κ2) is 16.3. The van der Waals surface area contributed by atoms with Gasteiger partial charge >= 0.3 is 0 Å². The van der Waals surface area contributed by atoms with Crippen molar-refractivity contribution in [2.24, 2.45) is 14.1 Å². The average molecular weight is 1130 g/mol. The number of para-hydroxylation sites is 3. The number of rotatable bonds is 3. The highest BCUT2D eigenvalue weighted by Gasteiger charge is 2.47. The third kappa shape index (κ3) is 5.76. The summed E-state index contributed by atoms with van der Waals surface area (Å²) in [6, 6.07) is 87.0. The zero-order chi connectivity index (χ0) is 58.8. The Morgan fingerprint density at radius 2 is 0.820 bits per heavy atom. The fourth-order valence-electron chi connectivity index (χ4n) is 18.5. The van der Waals surface area contributed by atoms with Crippen LogP contribution in [-0.4, -0.2) is 25.0 Å². The molecule has 0 amide bonds. The van der Waals surface area contributed by atoms with Crippen molar-refractivity contribution in [2.75, 3.05) is 0 Å². The van der Waals surface area contributed by atoms with Gasteiger partial charge in [-0.3, -0.25) is 0 Å². The van der Waals surface area contributed by atoms with Gasteiger partial charge in [0, 0.05) is 114 Å². The Hall–Kier alpha value is -10.6. The van der Waals surface area contributed by atoms with E-state index >= 15 is 0 Å². The molecule has 5 heteroatoms. The maximum absolute atomic E-state index is 2.77. The minimum Gasteiger partial charge on any atom is -0.350 e. The fraction of sp³-hybridized carbons (Fsp3) is 0.0952. The van der Waals surface area contributed by atoms with E-state index < -0.39 is 0 Å². The maximum Gasteiger partial charge on any atom is 0.252 e. The molecule has 89 heavy (non-hydrogen) atoms. The zero-order valence-corrected chi connectivity index (χ0v) is 50.4. The molecule has 0 radical (unpaired) electrons. The molecule has 0 fully saturated rings. The fourth-order valence-corrected chi connectivity index (χ4v) is 18.5. The average Bonchev–Trinajstić information content (AvgIpc) is 1.82. The quantitative estimate of drug-likeness (QED) is 0.124. The van der Waals surface area contributed by atoms with Crippen LogP contribution in [0.3, 0.4) is 0 Å². The van der Waals surface area contributed by atoms with E-state index in [1.807, 2.05) is 0 Å². The molecule has 21 rings (SSSR count). The molecule has 13 aromatic carbocycles. The maximum atomic E-state index is 2.77. The number of hydrogen-bond donors (Lipinski definition) is 0. The molecule has 0 bridgehead atoms. The minimum atomic E-state index is -0.244. The van der Waals surface area contributed by atoms with Crippen molar-refractivity contribution >= 4 is 121 Å². The van der Waals surface area contributed by atoms with Crippen molar-refractivity contribution in [2.45, 2.75) is 38.5 Å². The Labute approximate surface area is 514 Å². The lowest BCUT2D eigenvalue weighted by atomic mass is 9.34. The molecule has 0 spiro atoms. The van der Waals surface area contributed by atoms with Crippen molar-refractivity contribution in [3.63, 3.8) is 0 Å². The molecule has 0 N–H and O–H groups in total. The van der Waals surface area contributed by atoms with Crippen molar-refractivity contribution in [1.82, 2.24) is 18.3 Å². The summed E-state index contributed by atoms with van der Waals surface area (Å²) in [4.78, 5) is 0. The number of aryl methyl sites for hydroxylation is 2. The zero-order valence-electron chi connectivity index (χ0n) is 50.4. The summed E-state index contributed by atoms with van der Waals surface area (Å²) >= 11 is 0. The molecule has 0 atom stereocenters. The summed E-state index contributed by atoms with van der Waals surface area (Å²) in [6.45, 7) is 9.74. The smallest absolute Gasteiger partial charge is 0.252 e. The Morgan fingerprint density at radius 1 is 0.303 bits per heavy atom. The van der Waals surface area contributed by atoms with Crippen molar-refractivity contribution in [3.05, 3.63) is 259 Å². The van der Waals surface area contributed by atoms with Crippen LogP contribution in [-0.2, 0) is 24.9 Å². The Kier molecular flexibility index (Phi) is 8.89. The van der Waals surface area contributed by atoms with Gasteiger partial charge in [0.2, 0.25) is 0 Å². The van der Waals surface area contributed by atoms with Gasteiger partial charge in [-0.2, -0.15) is 0 Å². The lowest BCUT2D eigenvalue weighted by molar-refractivity contribution is 0.661. The van der Waals surface area contributed by atoms with Gasteiger partial charge in [0.25, 0.3) is 6.71 Å². The molecular weight excluding hydrogens is 1080 g/mol. The van der Waals surface area contributed by atoms with E-state index in [0.29, 0.717) is 0 Å². The van der Waals surface area contributed by atoms with Crippen LogP contribution in [0.25, 0.3) is 165 Å². The third-order valence-electron chi connectivity index (χ3n) is 22.3. The van der Waals surface area contributed by atoms with Crippen LogP contribution < -0.4 is 16.4 Å².